The summed E-state index contributed by atoms with van der Waals surface area (Å²) in [5, 5.41) is 6.01. The monoisotopic (exact) mass is 463 g/mol. The number of ether oxygens (including phenoxy) is 1. The van der Waals surface area contributed by atoms with Gasteiger partial charge >= 0.3 is 0 Å². The average molecular weight is 464 g/mol. The van der Waals surface area contributed by atoms with E-state index in [1.54, 1.807) is 11.3 Å². The second-order valence-electron chi connectivity index (χ2n) is 9.20. The van der Waals surface area contributed by atoms with Crippen LogP contribution in [0, 0.1) is 0 Å². The number of nitrogens with one attached hydrogen (secondary N) is 1. The maximum absolute atomic E-state index is 12.8. The maximum Gasteiger partial charge on any atom is 0.265 e. The van der Waals surface area contributed by atoms with Crippen LogP contribution < -0.4 is 15.0 Å². The SMILES string of the molecule is CCCc1nc(-c2ccc3c(c2)N(CC(=O)Nc2ccc(C(C)(C)C)cc2)C(=O)CO3)cs1. The van der Waals surface area contributed by atoms with Crippen LogP contribution in [0.15, 0.2) is 47.8 Å². The molecule has 1 aromatic heterocycles. The van der Waals surface area contributed by atoms with Crippen LogP contribution in [0.5, 0.6) is 5.75 Å². The molecule has 1 aliphatic heterocycles. The Bertz CT molecular complexity index is 1160. The fraction of sp³-hybridized carbons (Fsp3) is 0.346. The molecule has 172 valence electrons. The number of carbonyl (C=O) groups is 2. The fourth-order valence-electron chi connectivity index (χ4n) is 3.70. The highest BCUT2D eigenvalue weighted by Crippen LogP contribution is 2.36. The second-order valence-corrected chi connectivity index (χ2v) is 10.1. The van der Waals surface area contributed by atoms with Gasteiger partial charge < -0.3 is 10.1 Å². The zero-order valence-corrected chi connectivity index (χ0v) is 20.3. The molecule has 2 heterocycles. The minimum Gasteiger partial charge on any atom is -0.482 e. The highest BCUT2D eigenvalue weighted by Gasteiger charge is 2.28. The minimum absolute atomic E-state index is 0.0405. The number of aromatic nitrogens is 1. The van der Waals surface area contributed by atoms with Gasteiger partial charge in [-0.2, -0.15) is 0 Å². The Morgan fingerprint density at radius 2 is 1.94 bits per heavy atom. The fourth-order valence-corrected chi connectivity index (χ4v) is 4.61. The third-order valence-corrected chi connectivity index (χ3v) is 6.46. The van der Waals surface area contributed by atoms with Gasteiger partial charge in [0.1, 0.15) is 12.3 Å². The van der Waals surface area contributed by atoms with Gasteiger partial charge in [0.25, 0.3) is 5.91 Å². The van der Waals surface area contributed by atoms with Gasteiger partial charge in [0.2, 0.25) is 5.91 Å². The summed E-state index contributed by atoms with van der Waals surface area (Å²) in [6.07, 6.45) is 1.99. The Morgan fingerprint density at radius 3 is 2.64 bits per heavy atom. The lowest BCUT2D eigenvalue weighted by Crippen LogP contribution is -2.43. The highest BCUT2D eigenvalue weighted by molar-refractivity contribution is 7.09. The molecule has 0 radical (unpaired) electrons. The molecule has 3 aromatic rings. The summed E-state index contributed by atoms with van der Waals surface area (Å²) in [6, 6.07) is 13.5. The average Bonchev–Trinajstić information content (AvgIpc) is 3.24. The maximum atomic E-state index is 12.8. The van der Waals surface area contributed by atoms with Crippen molar-refractivity contribution < 1.29 is 14.3 Å². The highest BCUT2D eigenvalue weighted by atomic mass is 32.1. The van der Waals surface area contributed by atoms with Gasteiger partial charge in [0.15, 0.2) is 6.61 Å². The first-order valence-electron chi connectivity index (χ1n) is 11.2. The first-order chi connectivity index (χ1) is 15.7. The van der Waals surface area contributed by atoms with Crippen molar-refractivity contribution >= 4 is 34.5 Å². The van der Waals surface area contributed by atoms with E-state index in [4.69, 9.17) is 9.72 Å². The van der Waals surface area contributed by atoms with Crippen molar-refractivity contribution in [3.05, 3.63) is 58.4 Å². The number of fused-ring (bicyclic) bond motifs is 1. The molecule has 1 N–H and O–H groups in total. The third-order valence-electron chi connectivity index (χ3n) is 5.55. The third kappa shape index (κ3) is 5.25. The van der Waals surface area contributed by atoms with Gasteiger partial charge in [-0.15, -0.1) is 11.3 Å². The molecule has 2 amide bonds. The number of anilines is 2. The summed E-state index contributed by atoms with van der Waals surface area (Å²) < 4.78 is 5.60. The lowest BCUT2D eigenvalue weighted by atomic mass is 9.87. The van der Waals surface area contributed by atoms with E-state index in [-0.39, 0.29) is 30.4 Å². The van der Waals surface area contributed by atoms with Crippen LogP contribution in [0.2, 0.25) is 0 Å². The van der Waals surface area contributed by atoms with Crippen molar-refractivity contribution in [2.45, 2.75) is 46.0 Å². The summed E-state index contributed by atoms with van der Waals surface area (Å²) in [6.45, 7) is 8.39. The normalized spacial score (nSPS) is 13.5. The van der Waals surface area contributed by atoms with E-state index in [2.05, 4.69) is 33.0 Å². The van der Waals surface area contributed by atoms with Crippen molar-refractivity contribution in [2.24, 2.45) is 0 Å². The smallest absolute Gasteiger partial charge is 0.265 e. The van der Waals surface area contributed by atoms with Crippen molar-refractivity contribution in [1.29, 1.82) is 0 Å². The molecule has 0 saturated heterocycles. The van der Waals surface area contributed by atoms with Gasteiger partial charge in [-0.3, -0.25) is 14.5 Å². The molecule has 4 rings (SSSR count). The van der Waals surface area contributed by atoms with Crippen LogP contribution in [0.25, 0.3) is 11.3 Å². The van der Waals surface area contributed by atoms with Crippen molar-refractivity contribution in [2.75, 3.05) is 23.4 Å². The van der Waals surface area contributed by atoms with E-state index in [1.165, 1.54) is 10.5 Å². The molecule has 6 nitrogen and oxygen atoms in total. The number of aryl methyl sites for hydroxylation is 1. The topological polar surface area (TPSA) is 71.5 Å². The van der Waals surface area contributed by atoms with Gasteiger partial charge in [0, 0.05) is 16.6 Å². The molecule has 0 atom stereocenters. The lowest BCUT2D eigenvalue weighted by molar-refractivity contribution is -0.123. The Morgan fingerprint density at radius 1 is 1.18 bits per heavy atom. The van der Waals surface area contributed by atoms with Crippen LogP contribution in [0.1, 0.15) is 44.7 Å². The Balaban J connectivity index is 1.52. The minimum atomic E-state index is -0.260. The standard InChI is InChI=1S/C26H29N3O3S/c1-5-6-24-28-20(16-33-24)17-7-12-22-21(13-17)29(25(31)15-32-22)14-23(30)27-19-10-8-18(9-11-19)26(2,3)4/h7-13,16H,5-6,14-15H2,1-4H3,(H,27,30). The molecular formula is C26H29N3O3S. The molecular weight excluding hydrogens is 434 g/mol. The second kappa shape index (κ2) is 9.35. The number of thiazole rings is 1. The Labute approximate surface area is 198 Å². The zero-order valence-electron chi connectivity index (χ0n) is 19.5. The predicted molar refractivity (Wildman–Crippen MR) is 133 cm³/mol. The number of amides is 2. The van der Waals surface area contributed by atoms with E-state index < -0.39 is 0 Å². The summed E-state index contributed by atoms with van der Waals surface area (Å²) in [5.74, 6) is 0.0801. The summed E-state index contributed by atoms with van der Waals surface area (Å²) in [4.78, 5) is 31.6. The van der Waals surface area contributed by atoms with Crippen LogP contribution in [-0.4, -0.2) is 29.9 Å². The van der Waals surface area contributed by atoms with E-state index in [9.17, 15) is 9.59 Å². The molecule has 0 aliphatic carbocycles. The van der Waals surface area contributed by atoms with Gasteiger partial charge in [-0.05, 0) is 54.2 Å². The summed E-state index contributed by atoms with van der Waals surface area (Å²) in [7, 11) is 0. The molecule has 1 aliphatic rings. The van der Waals surface area contributed by atoms with E-state index in [0.717, 1.165) is 29.1 Å². The number of rotatable bonds is 6. The number of hydrogen-bond acceptors (Lipinski definition) is 5. The molecule has 0 spiro atoms. The molecule has 0 saturated carbocycles. The summed E-state index contributed by atoms with van der Waals surface area (Å²) >= 11 is 1.63. The Kier molecular flexibility index (Phi) is 6.51. The van der Waals surface area contributed by atoms with Crippen LogP contribution in [0.3, 0.4) is 0 Å². The lowest BCUT2D eigenvalue weighted by Gasteiger charge is -2.29. The van der Waals surface area contributed by atoms with Crippen molar-refractivity contribution in [3.63, 3.8) is 0 Å². The number of benzene rings is 2. The number of carbonyl (C=O) groups excluding carboxylic acids is 2. The first-order valence-corrected chi connectivity index (χ1v) is 12.0. The largest absolute Gasteiger partial charge is 0.482 e. The molecule has 0 fully saturated rings. The number of hydrogen-bond donors (Lipinski definition) is 1. The molecule has 7 heteroatoms. The Hall–Kier alpha value is -3.19. The van der Waals surface area contributed by atoms with Crippen molar-refractivity contribution in [1.82, 2.24) is 4.98 Å². The van der Waals surface area contributed by atoms with E-state index in [0.29, 0.717) is 17.1 Å². The summed E-state index contributed by atoms with van der Waals surface area (Å²) in [5.41, 5.74) is 4.29. The first kappa shape index (κ1) is 23.0. The van der Waals surface area contributed by atoms with Crippen molar-refractivity contribution in [3.8, 4) is 17.0 Å². The number of nitrogens with zero attached hydrogens (tertiary/aromatic N) is 2. The van der Waals surface area contributed by atoms with Crippen LogP contribution in [-0.2, 0) is 21.4 Å². The van der Waals surface area contributed by atoms with Gasteiger partial charge in [0.05, 0.1) is 16.4 Å². The molecule has 33 heavy (non-hydrogen) atoms. The van der Waals surface area contributed by atoms with E-state index in [1.807, 2.05) is 47.8 Å². The molecule has 0 bridgehead atoms. The van der Waals surface area contributed by atoms with Crippen LogP contribution in [0.4, 0.5) is 11.4 Å². The molecule has 2 aromatic carbocycles. The zero-order chi connectivity index (χ0) is 23.6. The predicted octanol–water partition coefficient (Wildman–Crippen LogP) is 5.42. The van der Waals surface area contributed by atoms with Gasteiger partial charge in [-0.25, -0.2) is 4.98 Å². The van der Waals surface area contributed by atoms with Crippen LogP contribution >= 0.6 is 11.3 Å². The van der Waals surface area contributed by atoms with E-state index >= 15 is 0 Å². The molecule has 0 unspecified atom stereocenters. The quantitative estimate of drug-likeness (QED) is 0.530. The van der Waals surface area contributed by atoms with Gasteiger partial charge in [-0.1, -0.05) is 39.8 Å².